The standard InChI is InChI=1S/C10H7FN2OS/c1-6(14)9-5-13-10(15-9)8-3-2-7(11)4-12-8/h2-5H,1H3. The van der Waals surface area contributed by atoms with Crippen LogP contribution in [0.1, 0.15) is 16.6 Å². The average molecular weight is 222 g/mol. The zero-order chi connectivity index (χ0) is 10.8. The van der Waals surface area contributed by atoms with Crippen molar-refractivity contribution in [1.29, 1.82) is 0 Å². The molecule has 2 rings (SSSR count). The van der Waals surface area contributed by atoms with Crippen LogP contribution in [0, 0.1) is 5.82 Å². The van der Waals surface area contributed by atoms with Crippen molar-refractivity contribution in [2.24, 2.45) is 0 Å². The lowest BCUT2D eigenvalue weighted by molar-refractivity contribution is 0.102. The van der Waals surface area contributed by atoms with Crippen molar-refractivity contribution in [2.45, 2.75) is 6.92 Å². The van der Waals surface area contributed by atoms with E-state index in [4.69, 9.17) is 0 Å². The molecule has 0 fully saturated rings. The van der Waals surface area contributed by atoms with Crippen LogP contribution in [-0.2, 0) is 0 Å². The summed E-state index contributed by atoms with van der Waals surface area (Å²) in [6.45, 7) is 1.48. The predicted octanol–water partition coefficient (Wildman–Crippen LogP) is 2.55. The molecule has 0 N–H and O–H groups in total. The summed E-state index contributed by atoms with van der Waals surface area (Å²) in [4.78, 5) is 19.5. The molecule has 0 aliphatic carbocycles. The molecular formula is C10H7FN2OS. The van der Waals surface area contributed by atoms with Gasteiger partial charge in [0.1, 0.15) is 10.8 Å². The highest BCUT2D eigenvalue weighted by Crippen LogP contribution is 2.23. The number of carbonyl (C=O) groups is 1. The fourth-order valence-electron chi connectivity index (χ4n) is 1.06. The van der Waals surface area contributed by atoms with Gasteiger partial charge in [-0.1, -0.05) is 0 Å². The van der Waals surface area contributed by atoms with E-state index in [9.17, 15) is 9.18 Å². The Labute approximate surface area is 89.6 Å². The minimum Gasteiger partial charge on any atom is -0.294 e. The largest absolute Gasteiger partial charge is 0.294 e. The maximum absolute atomic E-state index is 12.6. The van der Waals surface area contributed by atoms with Gasteiger partial charge in [0.05, 0.1) is 16.8 Å². The Morgan fingerprint density at radius 3 is 2.67 bits per heavy atom. The molecule has 5 heteroatoms. The number of carbonyl (C=O) groups excluding carboxylic acids is 1. The second-order valence-electron chi connectivity index (χ2n) is 2.95. The van der Waals surface area contributed by atoms with E-state index in [0.717, 1.165) is 6.20 Å². The second kappa shape index (κ2) is 3.86. The average Bonchev–Trinajstić information content (AvgIpc) is 2.68. The molecule has 0 atom stereocenters. The maximum Gasteiger partial charge on any atom is 0.171 e. The van der Waals surface area contributed by atoms with E-state index in [1.54, 1.807) is 0 Å². The lowest BCUT2D eigenvalue weighted by atomic mass is 10.3. The SMILES string of the molecule is CC(=O)c1cnc(-c2ccc(F)cn2)s1. The summed E-state index contributed by atoms with van der Waals surface area (Å²) in [5.74, 6) is -0.414. The van der Waals surface area contributed by atoms with Crippen LogP contribution in [0.3, 0.4) is 0 Å². The van der Waals surface area contributed by atoms with Crippen molar-refractivity contribution in [3.63, 3.8) is 0 Å². The molecule has 2 aromatic rings. The van der Waals surface area contributed by atoms with Gasteiger partial charge >= 0.3 is 0 Å². The Balaban J connectivity index is 2.37. The van der Waals surface area contributed by atoms with Crippen molar-refractivity contribution in [2.75, 3.05) is 0 Å². The third-order valence-corrected chi connectivity index (χ3v) is 2.92. The number of nitrogens with zero attached hydrogens (tertiary/aromatic N) is 2. The number of hydrogen-bond donors (Lipinski definition) is 0. The molecule has 0 radical (unpaired) electrons. The molecule has 0 aliphatic heterocycles. The van der Waals surface area contributed by atoms with Crippen LogP contribution >= 0.6 is 11.3 Å². The number of aromatic nitrogens is 2. The molecule has 0 saturated heterocycles. The molecule has 0 amide bonds. The van der Waals surface area contributed by atoms with Crippen molar-refractivity contribution >= 4 is 17.1 Å². The van der Waals surface area contributed by atoms with Crippen LogP contribution in [0.15, 0.2) is 24.5 Å². The van der Waals surface area contributed by atoms with Gasteiger partial charge in [0.15, 0.2) is 5.78 Å². The van der Waals surface area contributed by atoms with Crippen LogP contribution in [-0.4, -0.2) is 15.8 Å². The Bertz CT molecular complexity index is 492. The normalized spacial score (nSPS) is 10.3. The van der Waals surface area contributed by atoms with Crippen molar-refractivity contribution in [3.05, 3.63) is 35.2 Å². The number of ketones is 1. The topological polar surface area (TPSA) is 42.9 Å². The van der Waals surface area contributed by atoms with Gasteiger partial charge in [-0.25, -0.2) is 9.37 Å². The smallest absolute Gasteiger partial charge is 0.171 e. The molecular weight excluding hydrogens is 215 g/mol. The molecule has 2 heterocycles. The van der Waals surface area contributed by atoms with Crippen molar-refractivity contribution < 1.29 is 9.18 Å². The fraction of sp³-hybridized carbons (Fsp3) is 0.100. The van der Waals surface area contributed by atoms with Crippen LogP contribution in [0.25, 0.3) is 10.7 Å². The Morgan fingerprint density at radius 2 is 2.13 bits per heavy atom. The van der Waals surface area contributed by atoms with Gasteiger partial charge in [-0.05, 0) is 12.1 Å². The number of rotatable bonds is 2. The third kappa shape index (κ3) is 2.07. The molecule has 0 aliphatic rings. The summed E-state index contributed by atoms with van der Waals surface area (Å²) >= 11 is 1.25. The molecule has 2 aromatic heterocycles. The van der Waals surface area contributed by atoms with Crippen molar-refractivity contribution in [3.8, 4) is 10.7 Å². The van der Waals surface area contributed by atoms with Crippen molar-refractivity contribution in [1.82, 2.24) is 9.97 Å². The lowest BCUT2D eigenvalue weighted by Gasteiger charge is -1.93. The first-order chi connectivity index (χ1) is 7.16. The number of thiazole rings is 1. The molecule has 0 saturated carbocycles. The summed E-state index contributed by atoms with van der Waals surface area (Å²) in [7, 11) is 0. The monoisotopic (exact) mass is 222 g/mol. The van der Waals surface area contributed by atoms with E-state index in [2.05, 4.69) is 9.97 Å². The van der Waals surface area contributed by atoms with Gasteiger partial charge in [-0.2, -0.15) is 0 Å². The first-order valence-electron chi connectivity index (χ1n) is 4.25. The number of Topliss-reactive ketones (excluding diaryl/α,β-unsaturated/α-hetero) is 1. The fourth-order valence-corrected chi connectivity index (χ4v) is 1.85. The minimum atomic E-state index is -0.387. The summed E-state index contributed by atoms with van der Waals surface area (Å²) in [6.07, 6.45) is 2.64. The van der Waals surface area contributed by atoms with E-state index in [0.29, 0.717) is 15.6 Å². The van der Waals surface area contributed by atoms with Gasteiger partial charge in [-0.15, -0.1) is 11.3 Å². The molecule has 15 heavy (non-hydrogen) atoms. The highest BCUT2D eigenvalue weighted by Gasteiger charge is 2.08. The first kappa shape index (κ1) is 9.92. The summed E-state index contributed by atoms with van der Waals surface area (Å²) in [5.41, 5.74) is 0.578. The van der Waals surface area contributed by atoms with Gasteiger partial charge in [0.2, 0.25) is 0 Å². The number of halogens is 1. The zero-order valence-corrected chi connectivity index (χ0v) is 8.71. The Hall–Kier alpha value is -1.62. The van der Waals surface area contributed by atoms with Gasteiger partial charge < -0.3 is 0 Å². The molecule has 0 spiro atoms. The van der Waals surface area contributed by atoms with Gasteiger partial charge in [0, 0.05) is 13.1 Å². The Kier molecular flexibility index (Phi) is 2.55. The first-order valence-corrected chi connectivity index (χ1v) is 5.07. The van der Waals surface area contributed by atoms with Crippen LogP contribution in [0.5, 0.6) is 0 Å². The summed E-state index contributed by atoms with van der Waals surface area (Å²) in [5, 5.41) is 0.625. The Morgan fingerprint density at radius 1 is 1.33 bits per heavy atom. The molecule has 0 bridgehead atoms. The zero-order valence-electron chi connectivity index (χ0n) is 7.90. The van der Waals surface area contributed by atoms with Crippen LogP contribution < -0.4 is 0 Å². The quantitative estimate of drug-likeness (QED) is 0.733. The number of pyridine rings is 1. The van der Waals surface area contributed by atoms with Crippen LogP contribution in [0.2, 0.25) is 0 Å². The highest BCUT2D eigenvalue weighted by atomic mass is 32.1. The van der Waals surface area contributed by atoms with Crippen LogP contribution in [0.4, 0.5) is 4.39 Å². The predicted molar refractivity (Wildman–Crippen MR) is 55.3 cm³/mol. The summed E-state index contributed by atoms with van der Waals surface area (Å²) in [6, 6.07) is 2.86. The van der Waals surface area contributed by atoms with E-state index >= 15 is 0 Å². The van der Waals surface area contributed by atoms with E-state index < -0.39 is 0 Å². The number of hydrogen-bond acceptors (Lipinski definition) is 4. The van der Waals surface area contributed by atoms with Gasteiger partial charge in [-0.3, -0.25) is 9.78 Å². The van der Waals surface area contributed by atoms with E-state index in [1.165, 1.54) is 36.6 Å². The molecule has 0 unspecified atom stereocenters. The minimum absolute atomic E-state index is 0.0270. The highest BCUT2D eigenvalue weighted by molar-refractivity contribution is 7.16. The second-order valence-corrected chi connectivity index (χ2v) is 3.98. The third-order valence-electron chi connectivity index (χ3n) is 1.80. The lowest BCUT2D eigenvalue weighted by Crippen LogP contribution is -1.83. The maximum atomic E-state index is 12.6. The van der Waals surface area contributed by atoms with E-state index in [-0.39, 0.29) is 11.6 Å². The molecule has 0 aromatic carbocycles. The molecule has 76 valence electrons. The summed E-state index contributed by atoms with van der Waals surface area (Å²) < 4.78 is 12.6. The van der Waals surface area contributed by atoms with Gasteiger partial charge in [0.25, 0.3) is 0 Å². The molecule has 3 nitrogen and oxygen atoms in total. The van der Waals surface area contributed by atoms with E-state index in [1.807, 2.05) is 0 Å².